The first-order valence-electron chi connectivity index (χ1n) is 7.48. The lowest BCUT2D eigenvalue weighted by Crippen LogP contribution is -2.21. The van der Waals surface area contributed by atoms with Gasteiger partial charge in [0.1, 0.15) is 5.56 Å². The second-order valence-electron chi connectivity index (χ2n) is 5.83. The summed E-state index contributed by atoms with van der Waals surface area (Å²) < 4.78 is 5.21. The summed E-state index contributed by atoms with van der Waals surface area (Å²) >= 11 is 6.01. The maximum absolute atomic E-state index is 12.5. The van der Waals surface area contributed by atoms with Crippen molar-refractivity contribution in [1.82, 2.24) is 0 Å². The van der Waals surface area contributed by atoms with E-state index in [4.69, 9.17) is 16.0 Å². The number of amides is 1. The zero-order valence-electron chi connectivity index (χ0n) is 13.6. The van der Waals surface area contributed by atoms with Crippen LogP contribution in [-0.4, -0.2) is 5.91 Å². The number of para-hydroxylation sites is 1. The maximum Gasteiger partial charge on any atom is 0.349 e. The summed E-state index contributed by atoms with van der Waals surface area (Å²) in [5.74, 6) is -0.499. The molecule has 5 heteroatoms. The molecule has 1 N–H and O–H groups in total. The number of rotatable bonds is 2. The Morgan fingerprint density at radius 2 is 1.75 bits per heavy atom. The molecule has 1 aromatic heterocycles. The zero-order valence-corrected chi connectivity index (χ0v) is 14.3. The van der Waals surface area contributed by atoms with Gasteiger partial charge in [-0.05, 0) is 44.0 Å². The highest BCUT2D eigenvalue weighted by Gasteiger charge is 2.16. The molecule has 0 fully saturated rings. The number of carbonyl (C=O) groups is 1. The van der Waals surface area contributed by atoms with Crippen molar-refractivity contribution in [2.75, 3.05) is 5.32 Å². The van der Waals surface area contributed by atoms with Gasteiger partial charge in [0.15, 0.2) is 5.58 Å². The molecule has 1 amide bonds. The molecule has 4 nitrogen and oxygen atoms in total. The fourth-order valence-electron chi connectivity index (χ4n) is 2.83. The van der Waals surface area contributed by atoms with Crippen LogP contribution in [-0.2, 0) is 0 Å². The van der Waals surface area contributed by atoms with Crippen LogP contribution < -0.4 is 10.9 Å². The van der Waals surface area contributed by atoms with Gasteiger partial charge in [-0.15, -0.1) is 0 Å². The van der Waals surface area contributed by atoms with Crippen molar-refractivity contribution in [3.8, 4) is 0 Å². The van der Waals surface area contributed by atoms with Gasteiger partial charge in [0, 0.05) is 11.1 Å². The predicted molar refractivity (Wildman–Crippen MR) is 96.1 cm³/mol. The summed E-state index contributed by atoms with van der Waals surface area (Å²) in [5, 5.41) is 3.75. The Balaban J connectivity index is 2.04. The predicted octanol–water partition coefficient (Wildman–Crippen LogP) is 4.62. The number of nitrogens with one attached hydrogen (secondary N) is 1. The third-order valence-electron chi connectivity index (χ3n) is 3.87. The number of aryl methyl sites for hydroxylation is 3. The van der Waals surface area contributed by atoms with Crippen molar-refractivity contribution in [2.45, 2.75) is 20.8 Å². The van der Waals surface area contributed by atoms with E-state index in [-0.39, 0.29) is 11.1 Å². The van der Waals surface area contributed by atoms with Crippen LogP contribution in [0.15, 0.2) is 45.6 Å². The lowest BCUT2D eigenvalue weighted by Gasteiger charge is -2.12. The van der Waals surface area contributed by atoms with E-state index < -0.39 is 11.5 Å². The Morgan fingerprint density at radius 3 is 2.42 bits per heavy atom. The molecule has 0 unspecified atom stereocenters. The van der Waals surface area contributed by atoms with Crippen LogP contribution in [0.2, 0.25) is 5.02 Å². The van der Waals surface area contributed by atoms with Crippen LogP contribution in [0.25, 0.3) is 11.0 Å². The molecule has 0 spiro atoms. The Kier molecular flexibility index (Phi) is 4.16. The van der Waals surface area contributed by atoms with Gasteiger partial charge >= 0.3 is 5.63 Å². The molecule has 0 atom stereocenters. The largest absolute Gasteiger partial charge is 0.421 e. The summed E-state index contributed by atoms with van der Waals surface area (Å²) in [7, 11) is 0. The molecule has 0 aliphatic rings. The van der Waals surface area contributed by atoms with E-state index in [2.05, 4.69) is 5.32 Å². The van der Waals surface area contributed by atoms with Gasteiger partial charge in [0.05, 0.1) is 5.02 Å². The monoisotopic (exact) mass is 341 g/mol. The Morgan fingerprint density at radius 1 is 1.08 bits per heavy atom. The van der Waals surface area contributed by atoms with Gasteiger partial charge in [-0.25, -0.2) is 4.79 Å². The summed E-state index contributed by atoms with van der Waals surface area (Å²) in [4.78, 5) is 24.7. The van der Waals surface area contributed by atoms with Gasteiger partial charge in [-0.1, -0.05) is 41.4 Å². The number of carbonyl (C=O) groups excluding carboxylic acids is 1. The first-order chi connectivity index (χ1) is 11.4. The molecule has 0 saturated carbocycles. The molecule has 0 aliphatic heterocycles. The SMILES string of the molecule is Cc1cc(C)c(NC(=O)c2cc3cccc(Cl)c3oc2=O)c(C)c1. The normalized spacial score (nSPS) is 10.8. The highest BCUT2D eigenvalue weighted by atomic mass is 35.5. The number of hydrogen-bond acceptors (Lipinski definition) is 3. The van der Waals surface area contributed by atoms with Crippen LogP contribution in [0.1, 0.15) is 27.0 Å². The third kappa shape index (κ3) is 2.93. The Labute approximate surface area is 144 Å². The van der Waals surface area contributed by atoms with Gasteiger partial charge < -0.3 is 9.73 Å². The molecule has 0 bridgehead atoms. The second-order valence-corrected chi connectivity index (χ2v) is 6.24. The van der Waals surface area contributed by atoms with E-state index in [1.807, 2.05) is 32.9 Å². The van der Waals surface area contributed by atoms with E-state index in [0.29, 0.717) is 16.1 Å². The molecule has 2 aromatic carbocycles. The summed E-state index contributed by atoms with van der Waals surface area (Å²) in [6, 6.07) is 10.6. The average Bonchev–Trinajstić information content (AvgIpc) is 2.51. The topological polar surface area (TPSA) is 59.3 Å². The van der Waals surface area contributed by atoms with Gasteiger partial charge in [0.25, 0.3) is 5.91 Å². The van der Waals surface area contributed by atoms with Crippen molar-refractivity contribution in [2.24, 2.45) is 0 Å². The first-order valence-corrected chi connectivity index (χ1v) is 7.86. The van der Waals surface area contributed by atoms with E-state index in [1.54, 1.807) is 18.2 Å². The maximum atomic E-state index is 12.5. The third-order valence-corrected chi connectivity index (χ3v) is 4.17. The van der Waals surface area contributed by atoms with Gasteiger partial charge in [-0.3, -0.25) is 4.79 Å². The number of hydrogen-bond donors (Lipinski definition) is 1. The van der Waals surface area contributed by atoms with Crippen LogP contribution >= 0.6 is 11.6 Å². The summed E-state index contributed by atoms with van der Waals surface area (Å²) in [6.45, 7) is 5.82. The Hall–Kier alpha value is -2.59. The highest BCUT2D eigenvalue weighted by molar-refractivity contribution is 6.34. The number of halogens is 1. The number of fused-ring (bicyclic) bond motifs is 1. The minimum atomic E-state index is -0.712. The summed E-state index contributed by atoms with van der Waals surface area (Å²) in [5.41, 5.74) is 3.21. The number of anilines is 1. The molecule has 0 radical (unpaired) electrons. The summed E-state index contributed by atoms with van der Waals surface area (Å²) in [6.07, 6.45) is 0. The molecule has 3 aromatic rings. The zero-order chi connectivity index (χ0) is 17.4. The van der Waals surface area contributed by atoms with Crippen molar-refractivity contribution in [1.29, 1.82) is 0 Å². The smallest absolute Gasteiger partial charge is 0.349 e. The molecule has 122 valence electrons. The molecular weight excluding hydrogens is 326 g/mol. The molecule has 0 saturated heterocycles. The molecule has 1 heterocycles. The lowest BCUT2D eigenvalue weighted by atomic mass is 10.0. The van der Waals surface area contributed by atoms with E-state index in [0.717, 1.165) is 16.7 Å². The van der Waals surface area contributed by atoms with Crippen LogP contribution in [0.4, 0.5) is 5.69 Å². The van der Waals surface area contributed by atoms with Crippen molar-refractivity contribution in [3.63, 3.8) is 0 Å². The van der Waals surface area contributed by atoms with E-state index in [1.165, 1.54) is 6.07 Å². The molecule has 3 rings (SSSR count). The Bertz CT molecular complexity index is 998. The average molecular weight is 342 g/mol. The van der Waals surface area contributed by atoms with Crippen LogP contribution in [0.5, 0.6) is 0 Å². The lowest BCUT2D eigenvalue weighted by molar-refractivity contribution is 0.102. The number of benzene rings is 2. The van der Waals surface area contributed by atoms with E-state index in [9.17, 15) is 9.59 Å². The van der Waals surface area contributed by atoms with Crippen molar-refractivity contribution < 1.29 is 9.21 Å². The molecule has 0 aliphatic carbocycles. The highest BCUT2D eigenvalue weighted by Crippen LogP contribution is 2.24. The van der Waals surface area contributed by atoms with Crippen molar-refractivity contribution in [3.05, 3.63) is 74.1 Å². The fourth-order valence-corrected chi connectivity index (χ4v) is 3.05. The van der Waals surface area contributed by atoms with Gasteiger partial charge in [0.2, 0.25) is 0 Å². The molecule has 24 heavy (non-hydrogen) atoms. The first kappa shape index (κ1) is 16.3. The fraction of sp³-hybridized carbons (Fsp3) is 0.158. The quantitative estimate of drug-likeness (QED) is 0.692. The standard InChI is InChI=1S/C19H16ClNO3/c1-10-7-11(2)16(12(3)8-10)21-18(22)14-9-13-5-4-6-15(20)17(13)24-19(14)23/h4-9H,1-3H3,(H,21,22). The van der Waals surface area contributed by atoms with Crippen LogP contribution in [0.3, 0.4) is 0 Å². The second kappa shape index (κ2) is 6.13. The van der Waals surface area contributed by atoms with Gasteiger partial charge in [-0.2, -0.15) is 0 Å². The minimum absolute atomic E-state index is 0.0517. The van der Waals surface area contributed by atoms with Crippen molar-refractivity contribution >= 4 is 34.2 Å². The molecular formula is C19H16ClNO3. The van der Waals surface area contributed by atoms with Crippen LogP contribution in [0, 0.1) is 20.8 Å². The minimum Gasteiger partial charge on any atom is -0.421 e. The van der Waals surface area contributed by atoms with E-state index >= 15 is 0 Å².